The highest BCUT2D eigenvalue weighted by Crippen LogP contribution is 1.96. The van der Waals surface area contributed by atoms with E-state index in [2.05, 4.69) is 35.9 Å². The molecule has 0 aromatic heterocycles. The highest BCUT2D eigenvalue weighted by Gasteiger charge is 2.12. The van der Waals surface area contributed by atoms with Crippen LogP contribution < -0.4 is 10.6 Å². The highest BCUT2D eigenvalue weighted by atomic mass is 32.1. The fourth-order valence-electron chi connectivity index (χ4n) is 1.38. The Balaban J connectivity index is 3.75. The van der Waals surface area contributed by atoms with Crippen molar-refractivity contribution < 1.29 is 19.8 Å². The molecule has 0 bridgehead atoms. The third-order valence-corrected chi connectivity index (χ3v) is 3.16. The number of carbonyl (C=O) groups is 2. The molecule has 0 aromatic rings. The molecule has 0 saturated carbocycles. The van der Waals surface area contributed by atoms with E-state index in [9.17, 15) is 9.59 Å². The van der Waals surface area contributed by atoms with Crippen LogP contribution in [-0.2, 0) is 9.59 Å². The first-order valence-corrected chi connectivity index (χ1v) is 6.88. The molecule has 106 valence electrons. The molecule has 18 heavy (non-hydrogen) atoms. The van der Waals surface area contributed by atoms with E-state index in [1.807, 2.05) is 0 Å². The van der Waals surface area contributed by atoms with Crippen LogP contribution in [0.1, 0.15) is 12.8 Å². The molecule has 8 heteroatoms. The molecule has 0 aliphatic heterocycles. The first-order chi connectivity index (χ1) is 8.49. The van der Waals surface area contributed by atoms with E-state index in [1.54, 1.807) is 0 Å². The maximum absolute atomic E-state index is 10.5. The first-order valence-electron chi connectivity index (χ1n) is 5.61. The molecule has 0 saturated heterocycles. The molecular formula is C10H20N2O4S2. The van der Waals surface area contributed by atoms with Gasteiger partial charge in [-0.1, -0.05) is 0 Å². The minimum Gasteiger partial charge on any atom is -0.481 e. The van der Waals surface area contributed by atoms with Gasteiger partial charge in [-0.05, 0) is 0 Å². The number of nitrogens with one attached hydrogen (secondary N) is 2. The summed E-state index contributed by atoms with van der Waals surface area (Å²) in [4.78, 5) is 21.0. The lowest BCUT2D eigenvalue weighted by atomic mass is 10.2. The summed E-state index contributed by atoms with van der Waals surface area (Å²) in [6, 6.07) is -0.358. The Hall–Kier alpha value is -0.440. The molecule has 0 rings (SSSR count). The van der Waals surface area contributed by atoms with Gasteiger partial charge in [0.2, 0.25) is 0 Å². The first kappa shape index (κ1) is 17.6. The Morgan fingerprint density at radius 3 is 1.44 bits per heavy atom. The molecule has 0 amide bonds. The topological polar surface area (TPSA) is 98.7 Å². The van der Waals surface area contributed by atoms with Crippen molar-refractivity contribution in [2.75, 3.05) is 24.6 Å². The average Bonchev–Trinajstić information content (AvgIpc) is 2.30. The van der Waals surface area contributed by atoms with Crippen molar-refractivity contribution in [3.05, 3.63) is 0 Å². The fourth-order valence-corrected chi connectivity index (χ4v) is 1.89. The number of hydrogen-bond donors (Lipinski definition) is 6. The van der Waals surface area contributed by atoms with E-state index in [-0.39, 0.29) is 24.9 Å². The molecule has 0 fully saturated rings. The van der Waals surface area contributed by atoms with Crippen molar-refractivity contribution in [1.82, 2.24) is 10.6 Å². The zero-order chi connectivity index (χ0) is 14.0. The molecule has 4 N–H and O–H groups in total. The van der Waals surface area contributed by atoms with Crippen LogP contribution in [0.2, 0.25) is 0 Å². The number of rotatable bonds is 11. The number of hydrogen-bond acceptors (Lipinski definition) is 6. The Kier molecular flexibility index (Phi) is 10.2. The van der Waals surface area contributed by atoms with E-state index in [0.29, 0.717) is 24.6 Å². The lowest BCUT2D eigenvalue weighted by molar-refractivity contribution is -0.138. The van der Waals surface area contributed by atoms with Gasteiger partial charge in [0.25, 0.3) is 0 Å². The summed E-state index contributed by atoms with van der Waals surface area (Å²) in [5.74, 6) is -0.850. The Morgan fingerprint density at radius 1 is 0.889 bits per heavy atom. The van der Waals surface area contributed by atoms with Gasteiger partial charge >= 0.3 is 11.9 Å². The second kappa shape index (κ2) is 10.5. The van der Waals surface area contributed by atoms with Crippen LogP contribution in [0.4, 0.5) is 0 Å². The van der Waals surface area contributed by atoms with E-state index in [1.165, 1.54) is 0 Å². The van der Waals surface area contributed by atoms with Gasteiger partial charge in [0.05, 0.1) is 12.8 Å². The number of carboxylic acids is 2. The van der Waals surface area contributed by atoms with Gasteiger partial charge in [0.1, 0.15) is 0 Å². The second-order valence-electron chi connectivity index (χ2n) is 3.86. The summed E-state index contributed by atoms with van der Waals surface area (Å²) in [5.41, 5.74) is 0. The number of carboxylic acid groups (broad SMARTS) is 2. The van der Waals surface area contributed by atoms with Crippen LogP contribution in [-0.4, -0.2) is 58.8 Å². The predicted octanol–water partition coefficient (Wildman–Crippen LogP) is -0.288. The van der Waals surface area contributed by atoms with Crippen LogP contribution in [0.5, 0.6) is 0 Å². The van der Waals surface area contributed by atoms with Crippen molar-refractivity contribution in [2.24, 2.45) is 0 Å². The van der Waals surface area contributed by atoms with Crippen LogP contribution in [0, 0.1) is 0 Å². The Bertz CT molecular complexity index is 240. The number of aliphatic carboxylic acids is 2. The third-order valence-electron chi connectivity index (χ3n) is 2.27. The van der Waals surface area contributed by atoms with Crippen LogP contribution in [0.15, 0.2) is 0 Å². The number of thiol groups is 2. The molecular weight excluding hydrogens is 276 g/mol. The third kappa shape index (κ3) is 9.58. The summed E-state index contributed by atoms with van der Waals surface area (Å²) in [6.07, 6.45) is 0.0449. The monoisotopic (exact) mass is 296 g/mol. The van der Waals surface area contributed by atoms with Gasteiger partial charge in [-0.2, -0.15) is 25.3 Å². The minimum atomic E-state index is -0.867. The molecule has 6 nitrogen and oxygen atoms in total. The molecule has 2 unspecified atom stereocenters. The lowest BCUT2D eigenvalue weighted by Crippen LogP contribution is -2.41. The summed E-state index contributed by atoms with van der Waals surface area (Å²) in [7, 11) is 0. The molecule has 0 heterocycles. The lowest BCUT2D eigenvalue weighted by Gasteiger charge is -2.17. The zero-order valence-corrected chi connectivity index (χ0v) is 11.8. The highest BCUT2D eigenvalue weighted by molar-refractivity contribution is 7.80. The largest absolute Gasteiger partial charge is 0.481 e. The van der Waals surface area contributed by atoms with E-state index in [4.69, 9.17) is 10.2 Å². The van der Waals surface area contributed by atoms with Gasteiger partial charge < -0.3 is 20.8 Å². The molecule has 0 spiro atoms. The van der Waals surface area contributed by atoms with Gasteiger partial charge in [-0.25, -0.2) is 0 Å². The molecule has 0 aliphatic rings. The summed E-state index contributed by atoms with van der Waals surface area (Å²) < 4.78 is 0. The zero-order valence-electron chi connectivity index (χ0n) is 10.0. The van der Waals surface area contributed by atoms with Gasteiger partial charge in [0.15, 0.2) is 0 Å². The van der Waals surface area contributed by atoms with Crippen molar-refractivity contribution in [3.8, 4) is 0 Å². The summed E-state index contributed by atoms with van der Waals surface area (Å²) >= 11 is 8.12. The SMILES string of the molecule is O=C(O)CC(CS)NCCNC(CS)CC(=O)O. The maximum atomic E-state index is 10.5. The standard InChI is InChI=1S/C10H20N2O4S2/c13-9(14)3-7(5-17)11-1-2-12-8(6-18)4-10(15)16/h7-8,11-12,17-18H,1-6H2,(H,13,14)(H,15,16). The van der Waals surface area contributed by atoms with Crippen molar-refractivity contribution in [1.29, 1.82) is 0 Å². The maximum Gasteiger partial charge on any atom is 0.304 e. The quantitative estimate of drug-likeness (QED) is 0.232. The van der Waals surface area contributed by atoms with Crippen LogP contribution in [0.25, 0.3) is 0 Å². The van der Waals surface area contributed by atoms with Crippen molar-refractivity contribution in [2.45, 2.75) is 24.9 Å². The van der Waals surface area contributed by atoms with E-state index >= 15 is 0 Å². The van der Waals surface area contributed by atoms with Crippen LogP contribution >= 0.6 is 25.3 Å². The molecule has 0 radical (unpaired) electrons. The normalized spacial score (nSPS) is 14.1. The minimum absolute atomic E-state index is 0.0224. The average molecular weight is 296 g/mol. The molecule has 0 aliphatic carbocycles. The van der Waals surface area contributed by atoms with Crippen LogP contribution in [0.3, 0.4) is 0 Å². The van der Waals surface area contributed by atoms with Crippen molar-refractivity contribution in [3.63, 3.8) is 0 Å². The van der Waals surface area contributed by atoms with Gasteiger partial charge in [-0.3, -0.25) is 9.59 Å². The van der Waals surface area contributed by atoms with E-state index < -0.39 is 11.9 Å². The fraction of sp³-hybridized carbons (Fsp3) is 0.800. The molecule has 2 atom stereocenters. The second-order valence-corrected chi connectivity index (χ2v) is 4.59. The van der Waals surface area contributed by atoms with Gasteiger partial charge in [0, 0.05) is 36.7 Å². The summed E-state index contributed by atoms with van der Waals surface area (Å²) in [5, 5.41) is 23.3. The summed E-state index contributed by atoms with van der Waals surface area (Å²) in [6.45, 7) is 1.12. The van der Waals surface area contributed by atoms with E-state index in [0.717, 1.165) is 0 Å². The van der Waals surface area contributed by atoms with Gasteiger partial charge in [-0.15, -0.1) is 0 Å². The Labute approximate surface area is 117 Å². The predicted molar refractivity (Wildman–Crippen MR) is 75.8 cm³/mol. The molecule has 0 aromatic carbocycles. The van der Waals surface area contributed by atoms with Crippen molar-refractivity contribution >= 4 is 37.2 Å². The smallest absolute Gasteiger partial charge is 0.304 e. The Morgan fingerprint density at radius 2 is 1.22 bits per heavy atom.